The fraction of sp³-hybridized carbons (Fsp3) is 0.154. The molecule has 3 rings (SSSR count). The topological polar surface area (TPSA) is 38.1 Å². The van der Waals surface area contributed by atoms with E-state index in [-0.39, 0.29) is 0 Å². The van der Waals surface area contributed by atoms with Crippen molar-refractivity contribution < 1.29 is 4.42 Å². The normalized spacial score (nSPS) is 11.1. The molecule has 86 valence electrons. The number of aromatic nitrogens is 1. The summed E-state index contributed by atoms with van der Waals surface area (Å²) in [5, 5.41) is 7.35. The van der Waals surface area contributed by atoms with Crippen molar-refractivity contribution in [3.63, 3.8) is 0 Å². The van der Waals surface area contributed by atoms with Crippen molar-refractivity contribution in [1.29, 1.82) is 0 Å². The lowest BCUT2D eigenvalue weighted by Gasteiger charge is -2.06. The van der Waals surface area contributed by atoms with Gasteiger partial charge in [-0.25, -0.2) is 4.98 Å². The van der Waals surface area contributed by atoms with E-state index in [1.165, 1.54) is 5.56 Å². The van der Waals surface area contributed by atoms with Crippen molar-refractivity contribution >= 4 is 22.4 Å². The van der Waals surface area contributed by atoms with Gasteiger partial charge in [0.25, 0.3) is 0 Å². The molecule has 1 N–H and O–H groups in total. The maximum absolute atomic E-state index is 5.39. The van der Waals surface area contributed by atoms with E-state index >= 15 is 0 Å². The van der Waals surface area contributed by atoms with Crippen LogP contribution in [0.5, 0.6) is 0 Å². The van der Waals surface area contributed by atoms with Gasteiger partial charge in [0.2, 0.25) is 0 Å². The number of rotatable bonds is 3. The minimum atomic E-state index is 0.787. The van der Waals surface area contributed by atoms with Crippen LogP contribution in [0.25, 0.3) is 22.4 Å². The number of thiophene rings is 1. The Balaban J connectivity index is 2.22. The molecule has 0 amide bonds. The van der Waals surface area contributed by atoms with E-state index in [1.807, 2.05) is 13.1 Å². The van der Waals surface area contributed by atoms with E-state index in [0.717, 1.165) is 28.9 Å². The molecule has 0 radical (unpaired) electrons. The van der Waals surface area contributed by atoms with E-state index in [4.69, 9.17) is 4.42 Å². The largest absolute Gasteiger partial charge is 0.463 e. The van der Waals surface area contributed by atoms with Crippen molar-refractivity contribution in [1.82, 2.24) is 10.3 Å². The third kappa shape index (κ3) is 1.85. The minimum absolute atomic E-state index is 0.787. The van der Waals surface area contributed by atoms with Crippen LogP contribution in [0.2, 0.25) is 0 Å². The summed E-state index contributed by atoms with van der Waals surface area (Å²) in [6.45, 7) is 0.787. The first kappa shape index (κ1) is 10.5. The van der Waals surface area contributed by atoms with Gasteiger partial charge in [-0.3, -0.25) is 0 Å². The van der Waals surface area contributed by atoms with Gasteiger partial charge in [-0.2, -0.15) is 11.3 Å². The van der Waals surface area contributed by atoms with Gasteiger partial charge >= 0.3 is 0 Å². The van der Waals surface area contributed by atoms with Crippen LogP contribution < -0.4 is 5.32 Å². The summed E-state index contributed by atoms with van der Waals surface area (Å²) in [5.74, 6) is 0. The summed E-state index contributed by atoms with van der Waals surface area (Å²) in [5.41, 5.74) is 5.12. The average molecular weight is 244 g/mol. The van der Waals surface area contributed by atoms with Crippen molar-refractivity contribution in [2.24, 2.45) is 0 Å². The SMILES string of the molecule is CNCc1cc2occc2nc1-c1ccsc1. The van der Waals surface area contributed by atoms with E-state index in [9.17, 15) is 0 Å². The standard InChI is InChI=1S/C13H12N2OS/c1-14-7-10-6-12-11(2-4-16-12)15-13(10)9-3-5-17-8-9/h2-6,8,14H,7H2,1H3. The molecule has 3 nitrogen and oxygen atoms in total. The maximum Gasteiger partial charge on any atom is 0.152 e. The first-order valence-electron chi connectivity index (χ1n) is 5.43. The summed E-state index contributed by atoms with van der Waals surface area (Å²) in [7, 11) is 1.93. The maximum atomic E-state index is 5.39. The van der Waals surface area contributed by atoms with E-state index in [2.05, 4.69) is 33.2 Å². The Hall–Kier alpha value is -1.65. The molecule has 0 aliphatic carbocycles. The van der Waals surface area contributed by atoms with Crippen LogP contribution in [0, 0.1) is 0 Å². The van der Waals surface area contributed by atoms with Crippen molar-refractivity contribution in [3.8, 4) is 11.3 Å². The fourth-order valence-electron chi connectivity index (χ4n) is 1.91. The molecule has 0 saturated carbocycles. The highest BCUT2D eigenvalue weighted by Crippen LogP contribution is 2.27. The number of pyridine rings is 1. The number of hydrogen-bond donors (Lipinski definition) is 1. The van der Waals surface area contributed by atoms with Crippen LogP contribution in [0.1, 0.15) is 5.56 Å². The second kappa shape index (κ2) is 4.31. The Kier molecular flexibility index (Phi) is 2.66. The van der Waals surface area contributed by atoms with Crippen molar-refractivity contribution in [2.75, 3.05) is 7.05 Å². The van der Waals surface area contributed by atoms with Crippen LogP contribution in [0.3, 0.4) is 0 Å². The van der Waals surface area contributed by atoms with Gasteiger partial charge in [-0.1, -0.05) is 0 Å². The Labute approximate surface area is 103 Å². The molecule has 0 aliphatic heterocycles. The molecule has 0 unspecified atom stereocenters. The Morgan fingerprint density at radius 3 is 3.12 bits per heavy atom. The van der Waals surface area contributed by atoms with E-state index in [0.29, 0.717) is 0 Å². The highest BCUT2D eigenvalue weighted by molar-refractivity contribution is 7.08. The molecule has 0 saturated heterocycles. The molecular weight excluding hydrogens is 232 g/mol. The molecule has 0 bridgehead atoms. The second-order valence-electron chi connectivity index (χ2n) is 3.84. The van der Waals surface area contributed by atoms with Crippen molar-refractivity contribution in [3.05, 3.63) is 40.8 Å². The predicted molar refractivity (Wildman–Crippen MR) is 70.1 cm³/mol. The van der Waals surface area contributed by atoms with Gasteiger partial charge < -0.3 is 9.73 Å². The molecule has 3 aromatic rings. The predicted octanol–water partition coefficient (Wildman–Crippen LogP) is 3.28. The molecule has 0 aromatic carbocycles. The lowest BCUT2D eigenvalue weighted by Crippen LogP contribution is -2.07. The quantitative estimate of drug-likeness (QED) is 0.768. The monoisotopic (exact) mass is 244 g/mol. The summed E-state index contributed by atoms with van der Waals surface area (Å²) in [6, 6.07) is 6.05. The molecule has 0 atom stereocenters. The molecule has 0 fully saturated rings. The molecule has 3 heterocycles. The first-order valence-corrected chi connectivity index (χ1v) is 6.37. The van der Waals surface area contributed by atoms with Crippen molar-refractivity contribution in [2.45, 2.75) is 6.54 Å². The van der Waals surface area contributed by atoms with Gasteiger partial charge in [0.15, 0.2) is 5.58 Å². The molecule has 3 aromatic heterocycles. The average Bonchev–Trinajstić information content (AvgIpc) is 2.98. The minimum Gasteiger partial charge on any atom is -0.463 e. The third-order valence-electron chi connectivity index (χ3n) is 2.68. The van der Waals surface area contributed by atoms with Crippen LogP contribution in [-0.4, -0.2) is 12.0 Å². The summed E-state index contributed by atoms with van der Waals surface area (Å²) < 4.78 is 5.39. The Bertz CT molecular complexity index is 628. The van der Waals surface area contributed by atoms with E-state index < -0.39 is 0 Å². The Morgan fingerprint density at radius 2 is 2.35 bits per heavy atom. The number of nitrogens with one attached hydrogen (secondary N) is 1. The zero-order valence-corrected chi connectivity index (χ0v) is 10.3. The number of hydrogen-bond acceptors (Lipinski definition) is 4. The molecule has 17 heavy (non-hydrogen) atoms. The van der Waals surface area contributed by atoms with Gasteiger partial charge in [-0.15, -0.1) is 0 Å². The third-order valence-corrected chi connectivity index (χ3v) is 3.36. The van der Waals surface area contributed by atoms with Crippen LogP contribution >= 0.6 is 11.3 Å². The van der Waals surface area contributed by atoms with Crippen LogP contribution in [-0.2, 0) is 6.54 Å². The number of nitrogens with zero attached hydrogens (tertiary/aromatic N) is 1. The fourth-order valence-corrected chi connectivity index (χ4v) is 2.55. The smallest absolute Gasteiger partial charge is 0.152 e. The molecule has 4 heteroatoms. The highest BCUT2D eigenvalue weighted by Gasteiger charge is 2.10. The van der Waals surface area contributed by atoms with Crippen LogP contribution in [0.4, 0.5) is 0 Å². The summed E-state index contributed by atoms with van der Waals surface area (Å²) >= 11 is 1.68. The van der Waals surface area contributed by atoms with Gasteiger partial charge in [0.05, 0.1) is 12.0 Å². The Morgan fingerprint density at radius 1 is 1.41 bits per heavy atom. The second-order valence-corrected chi connectivity index (χ2v) is 4.62. The van der Waals surface area contributed by atoms with Gasteiger partial charge in [0, 0.05) is 23.6 Å². The highest BCUT2D eigenvalue weighted by atomic mass is 32.1. The number of fused-ring (bicyclic) bond motifs is 1. The molecular formula is C13H12N2OS. The first-order chi connectivity index (χ1) is 8.38. The lowest BCUT2D eigenvalue weighted by atomic mass is 10.1. The lowest BCUT2D eigenvalue weighted by molar-refractivity contribution is 0.614. The van der Waals surface area contributed by atoms with E-state index in [1.54, 1.807) is 17.6 Å². The van der Waals surface area contributed by atoms with Gasteiger partial charge in [-0.05, 0) is 30.1 Å². The number of furan rings is 1. The molecule has 0 spiro atoms. The zero-order valence-electron chi connectivity index (χ0n) is 9.43. The summed E-state index contributed by atoms with van der Waals surface area (Å²) in [4.78, 5) is 4.67. The zero-order chi connectivity index (χ0) is 11.7. The van der Waals surface area contributed by atoms with Crippen LogP contribution in [0.15, 0.2) is 39.6 Å². The molecule has 0 aliphatic rings. The summed E-state index contributed by atoms with van der Waals surface area (Å²) in [6.07, 6.45) is 1.68. The van der Waals surface area contributed by atoms with Gasteiger partial charge in [0.1, 0.15) is 5.52 Å².